The van der Waals surface area contributed by atoms with Crippen molar-refractivity contribution in [3.63, 3.8) is 0 Å². The molecule has 0 aromatic carbocycles. The lowest BCUT2D eigenvalue weighted by Crippen LogP contribution is -2.38. The van der Waals surface area contributed by atoms with Crippen molar-refractivity contribution in [3.8, 4) is 0 Å². The number of hydrogen-bond donors (Lipinski definition) is 1. The largest absolute Gasteiger partial charge is 0.323 e. The molecule has 0 aromatic rings. The van der Waals surface area contributed by atoms with Gasteiger partial charge in [0.05, 0.1) is 0 Å². The Bertz CT molecular complexity index is 238. The molecule has 0 bridgehead atoms. The Balaban J connectivity index is 1.79. The first kappa shape index (κ1) is 11.7. The summed E-state index contributed by atoms with van der Waals surface area (Å²) in [5, 5.41) is 3.37. The summed E-state index contributed by atoms with van der Waals surface area (Å²) in [6.07, 6.45) is 3.50. The summed E-state index contributed by atoms with van der Waals surface area (Å²) in [5.74, 6) is 0.715. The fourth-order valence-electron chi connectivity index (χ4n) is 2.66. The second-order valence-corrected chi connectivity index (χ2v) is 4.91. The summed E-state index contributed by atoms with van der Waals surface area (Å²) >= 11 is 0. The number of hydrogen-bond acceptors (Lipinski definition) is 2. The lowest BCUT2D eigenvalue weighted by Gasteiger charge is -2.27. The Morgan fingerprint density at radius 1 is 1.25 bits per heavy atom. The van der Waals surface area contributed by atoms with Crippen LogP contribution < -0.4 is 5.32 Å². The Labute approximate surface area is 98.0 Å². The molecule has 0 aromatic heterocycles. The molecule has 2 rings (SSSR count). The second-order valence-electron chi connectivity index (χ2n) is 4.91. The number of amides is 2. The van der Waals surface area contributed by atoms with Gasteiger partial charge in [0.2, 0.25) is 0 Å². The first-order valence-corrected chi connectivity index (χ1v) is 6.56. The summed E-state index contributed by atoms with van der Waals surface area (Å²) in [6.45, 7) is 8.11. The number of carbonyl (C=O) groups is 1. The zero-order valence-corrected chi connectivity index (χ0v) is 10.2. The van der Waals surface area contributed by atoms with Crippen molar-refractivity contribution in [2.45, 2.75) is 26.2 Å². The molecule has 92 valence electrons. The third kappa shape index (κ3) is 2.67. The highest BCUT2D eigenvalue weighted by Crippen LogP contribution is 2.17. The van der Waals surface area contributed by atoms with Gasteiger partial charge in [0, 0.05) is 26.2 Å². The number of nitrogens with one attached hydrogen (secondary N) is 1. The first-order chi connectivity index (χ1) is 7.81. The van der Waals surface area contributed by atoms with Crippen molar-refractivity contribution in [2.75, 3.05) is 39.3 Å². The Kier molecular flexibility index (Phi) is 4.04. The van der Waals surface area contributed by atoms with Crippen molar-refractivity contribution < 1.29 is 4.79 Å². The lowest BCUT2D eigenvalue weighted by molar-refractivity contribution is 0.181. The molecule has 2 saturated heterocycles. The quantitative estimate of drug-likeness (QED) is 0.778. The molecule has 2 heterocycles. The van der Waals surface area contributed by atoms with Gasteiger partial charge >= 0.3 is 6.03 Å². The zero-order valence-electron chi connectivity index (χ0n) is 10.2. The van der Waals surface area contributed by atoms with Crippen molar-refractivity contribution in [1.82, 2.24) is 15.1 Å². The maximum atomic E-state index is 12.0. The van der Waals surface area contributed by atoms with E-state index < -0.39 is 0 Å². The minimum atomic E-state index is 0.264. The summed E-state index contributed by atoms with van der Waals surface area (Å²) in [7, 11) is 0. The molecule has 0 radical (unpaired) electrons. The van der Waals surface area contributed by atoms with Crippen LogP contribution in [0.3, 0.4) is 0 Å². The fourth-order valence-corrected chi connectivity index (χ4v) is 2.66. The summed E-state index contributed by atoms with van der Waals surface area (Å²) in [4.78, 5) is 16.0. The van der Waals surface area contributed by atoms with Gasteiger partial charge in [-0.05, 0) is 38.3 Å². The van der Waals surface area contributed by atoms with E-state index in [0.717, 1.165) is 45.7 Å². The van der Waals surface area contributed by atoms with Crippen LogP contribution in [-0.2, 0) is 0 Å². The number of piperidine rings is 1. The molecule has 2 aliphatic rings. The molecular formula is C12H23N3O. The minimum absolute atomic E-state index is 0.264. The number of carbonyl (C=O) groups excluding carboxylic acids is 1. The molecular weight excluding hydrogens is 202 g/mol. The Hall–Kier alpha value is -0.770. The SMILES string of the molecule is CCCN1CCN(CC2CCNCC2)C1=O. The van der Waals surface area contributed by atoms with Gasteiger partial charge in [0.1, 0.15) is 0 Å². The molecule has 0 unspecified atom stereocenters. The lowest BCUT2D eigenvalue weighted by atomic mass is 9.98. The topological polar surface area (TPSA) is 35.6 Å². The Morgan fingerprint density at radius 2 is 1.94 bits per heavy atom. The average Bonchev–Trinajstić information content (AvgIpc) is 2.64. The van der Waals surface area contributed by atoms with E-state index in [4.69, 9.17) is 0 Å². The van der Waals surface area contributed by atoms with Crippen molar-refractivity contribution >= 4 is 6.03 Å². The van der Waals surface area contributed by atoms with Gasteiger partial charge in [0.15, 0.2) is 0 Å². The van der Waals surface area contributed by atoms with Crippen LogP contribution in [0.4, 0.5) is 4.79 Å². The molecule has 2 aliphatic heterocycles. The highest BCUT2D eigenvalue weighted by atomic mass is 16.2. The van der Waals surface area contributed by atoms with E-state index in [1.165, 1.54) is 12.8 Å². The fraction of sp³-hybridized carbons (Fsp3) is 0.917. The summed E-state index contributed by atoms with van der Waals surface area (Å²) in [5.41, 5.74) is 0. The minimum Gasteiger partial charge on any atom is -0.323 e. The third-order valence-corrected chi connectivity index (χ3v) is 3.61. The second kappa shape index (κ2) is 5.53. The van der Waals surface area contributed by atoms with Crippen molar-refractivity contribution in [1.29, 1.82) is 0 Å². The Morgan fingerprint density at radius 3 is 2.62 bits per heavy atom. The summed E-state index contributed by atoms with van der Waals surface area (Å²) < 4.78 is 0. The van der Waals surface area contributed by atoms with Gasteiger partial charge in [-0.15, -0.1) is 0 Å². The number of urea groups is 1. The van der Waals surface area contributed by atoms with Crippen LogP contribution in [0.25, 0.3) is 0 Å². The van der Waals surface area contributed by atoms with E-state index in [0.29, 0.717) is 5.92 Å². The molecule has 0 spiro atoms. The van der Waals surface area contributed by atoms with Gasteiger partial charge in [0.25, 0.3) is 0 Å². The third-order valence-electron chi connectivity index (χ3n) is 3.61. The number of rotatable bonds is 4. The average molecular weight is 225 g/mol. The molecule has 0 atom stereocenters. The highest BCUT2D eigenvalue weighted by Gasteiger charge is 2.29. The van der Waals surface area contributed by atoms with Gasteiger partial charge in [-0.3, -0.25) is 0 Å². The molecule has 1 N–H and O–H groups in total. The van der Waals surface area contributed by atoms with Gasteiger partial charge in [-0.1, -0.05) is 6.92 Å². The van der Waals surface area contributed by atoms with Crippen LogP contribution >= 0.6 is 0 Å². The van der Waals surface area contributed by atoms with E-state index in [1.807, 2.05) is 9.80 Å². The van der Waals surface area contributed by atoms with Gasteiger partial charge in [-0.25, -0.2) is 4.79 Å². The van der Waals surface area contributed by atoms with Crippen LogP contribution in [0.15, 0.2) is 0 Å². The molecule has 4 nitrogen and oxygen atoms in total. The molecule has 2 fully saturated rings. The van der Waals surface area contributed by atoms with E-state index in [2.05, 4.69) is 12.2 Å². The maximum absolute atomic E-state index is 12.0. The van der Waals surface area contributed by atoms with Crippen LogP contribution in [0.2, 0.25) is 0 Å². The predicted octanol–water partition coefficient (Wildman–Crippen LogP) is 1.13. The van der Waals surface area contributed by atoms with E-state index in [-0.39, 0.29) is 6.03 Å². The van der Waals surface area contributed by atoms with Crippen LogP contribution in [-0.4, -0.2) is 55.1 Å². The molecule has 0 aliphatic carbocycles. The highest BCUT2D eigenvalue weighted by molar-refractivity contribution is 5.76. The van der Waals surface area contributed by atoms with Crippen LogP contribution in [0, 0.1) is 5.92 Å². The normalized spacial score (nSPS) is 23.2. The standard InChI is InChI=1S/C12H23N3O/c1-2-7-14-8-9-15(12(14)16)10-11-3-5-13-6-4-11/h11,13H,2-10H2,1H3. The molecule has 0 saturated carbocycles. The van der Waals surface area contributed by atoms with E-state index in [1.54, 1.807) is 0 Å². The summed E-state index contributed by atoms with van der Waals surface area (Å²) in [6, 6.07) is 0.264. The van der Waals surface area contributed by atoms with Crippen molar-refractivity contribution in [3.05, 3.63) is 0 Å². The maximum Gasteiger partial charge on any atom is 0.320 e. The molecule has 2 amide bonds. The van der Waals surface area contributed by atoms with Gasteiger partial charge < -0.3 is 15.1 Å². The molecule has 16 heavy (non-hydrogen) atoms. The molecule has 4 heteroatoms. The van der Waals surface area contributed by atoms with Gasteiger partial charge in [-0.2, -0.15) is 0 Å². The number of nitrogens with zero attached hydrogens (tertiary/aromatic N) is 2. The monoisotopic (exact) mass is 225 g/mol. The van der Waals surface area contributed by atoms with Crippen LogP contribution in [0.5, 0.6) is 0 Å². The van der Waals surface area contributed by atoms with E-state index in [9.17, 15) is 4.79 Å². The predicted molar refractivity (Wildman–Crippen MR) is 64.4 cm³/mol. The zero-order chi connectivity index (χ0) is 11.4. The first-order valence-electron chi connectivity index (χ1n) is 6.56. The van der Waals surface area contributed by atoms with Crippen LogP contribution in [0.1, 0.15) is 26.2 Å². The van der Waals surface area contributed by atoms with E-state index >= 15 is 0 Å². The van der Waals surface area contributed by atoms with Crippen molar-refractivity contribution in [2.24, 2.45) is 5.92 Å². The smallest absolute Gasteiger partial charge is 0.320 e.